The zero-order chi connectivity index (χ0) is 18.1. The van der Waals surface area contributed by atoms with Gasteiger partial charge < -0.3 is 14.8 Å². The Kier molecular flexibility index (Phi) is 5.25. The molecule has 2 heterocycles. The third-order valence-corrected chi connectivity index (χ3v) is 4.64. The largest absolute Gasteiger partial charge is 0.431 e. The molecule has 0 radical (unpaired) electrons. The summed E-state index contributed by atoms with van der Waals surface area (Å²) in [6.07, 6.45) is -3.75. The minimum atomic E-state index is -4.61. The molecule has 2 unspecified atom stereocenters. The summed E-state index contributed by atoms with van der Waals surface area (Å²) in [6, 6.07) is 1.39. The molecule has 2 atom stereocenters. The fourth-order valence-electron chi connectivity index (χ4n) is 2.88. The number of nitrogens with zero attached hydrogens (tertiary/aromatic N) is 2. The summed E-state index contributed by atoms with van der Waals surface area (Å²) in [5.74, 6) is 0.849. The van der Waals surface area contributed by atoms with Gasteiger partial charge in [-0.1, -0.05) is 13.8 Å². The number of rotatable bonds is 2. The van der Waals surface area contributed by atoms with Crippen LogP contribution in [0.25, 0.3) is 0 Å². The lowest BCUT2D eigenvalue weighted by Crippen LogP contribution is -2.45. The smallest absolute Gasteiger partial charge is 0.324 e. The van der Waals surface area contributed by atoms with E-state index in [-0.39, 0.29) is 12.2 Å². The number of pyridine rings is 1. The van der Waals surface area contributed by atoms with Crippen molar-refractivity contribution in [1.82, 2.24) is 9.47 Å². The molecule has 2 rings (SSSR count). The van der Waals surface area contributed by atoms with Crippen LogP contribution in [0.5, 0.6) is 0 Å². The van der Waals surface area contributed by atoms with Crippen LogP contribution in [0.1, 0.15) is 32.9 Å². The minimum absolute atomic E-state index is 0.129. The van der Waals surface area contributed by atoms with Crippen molar-refractivity contribution >= 4 is 11.7 Å². The summed E-state index contributed by atoms with van der Waals surface area (Å²) in [5.41, 5.74) is -2.01. The standard InChI is InChI=1S/C16H22F3N3O2/c1-4-22-13(16(17,18)19)6-5-12(14(22)23)20-15(24)21-8-7-10(2)11(3)9-21/h5-6,10-11H,4,7-9H2,1-3H3,(H,20,24). The summed E-state index contributed by atoms with van der Waals surface area (Å²) >= 11 is 0. The first-order chi connectivity index (χ1) is 11.1. The van der Waals surface area contributed by atoms with Crippen LogP contribution >= 0.6 is 0 Å². The Bertz CT molecular complexity index is 670. The first kappa shape index (κ1) is 18.4. The quantitative estimate of drug-likeness (QED) is 0.893. The molecule has 2 amide bonds. The molecule has 5 nitrogen and oxygen atoms in total. The summed E-state index contributed by atoms with van der Waals surface area (Å²) in [4.78, 5) is 26.1. The molecule has 1 aliphatic heterocycles. The van der Waals surface area contributed by atoms with Gasteiger partial charge >= 0.3 is 12.2 Å². The van der Waals surface area contributed by atoms with Gasteiger partial charge in [0, 0.05) is 19.6 Å². The zero-order valence-corrected chi connectivity index (χ0v) is 14.0. The van der Waals surface area contributed by atoms with E-state index in [0.717, 1.165) is 18.6 Å². The maximum absolute atomic E-state index is 12.9. The normalized spacial score (nSPS) is 21.7. The fraction of sp³-hybridized carbons (Fsp3) is 0.625. The molecule has 8 heteroatoms. The van der Waals surface area contributed by atoms with E-state index in [1.807, 2.05) is 6.92 Å². The predicted molar refractivity (Wildman–Crippen MR) is 84.9 cm³/mol. The Morgan fingerprint density at radius 2 is 1.96 bits per heavy atom. The Morgan fingerprint density at radius 1 is 1.29 bits per heavy atom. The Hall–Kier alpha value is -1.99. The monoisotopic (exact) mass is 345 g/mol. The van der Waals surface area contributed by atoms with Crippen LogP contribution in [-0.4, -0.2) is 28.6 Å². The summed E-state index contributed by atoms with van der Waals surface area (Å²) in [5, 5.41) is 2.45. The number of likely N-dealkylation sites (tertiary alicyclic amines) is 1. The van der Waals surface area contributed by atoms with E-state index in [1.54, 1.807) is 4.90 Å². The molecule has 134 valence electrons. The molecule has 0 bridgehead atoms. The molecular formula is C16H22F3N3O2. The number of carbonyl (C=O) groups excluding carboxylic acids is 1. The van der Waals surface area contributed by atoms with Crippen LogP contribution in [0.4, 0.5) is 23.7 Å². The van der Waals surface area contributed by atoms with Crippen LogP contribution in [-0.2, 0) is 12.7 Å². The Morgan fingerprint density at radius 3 is 2.50 bits per heavy atom. The van der Waals surface area contributed by atoms with Crippen molar-refractivity contribution < 1.29 is 18.0 Å². The summed E-state index contributed by atoms with van der Waals surface area (Å²) in [7, 11) is 0. The number of urea groups is 1. The van der Waals surface area contributed by atoms with E-state index >= 15 is 0 Å². The van der Waals surface area contributed by atoms with Crippen molar-refractivity contribution in [2.45, 2.75) is 39.9 Å². The lowest BCUT2D eigenvalue weighted by Gasteiger charge is -2.35. The van der Waals surface area contributed by atoms with E-state index in [2.05, 4.69) is 12.2 Å². The van der Waals surface area contributed by atoms with Gasteiger partial charge in [0.25, 0.3) is 5.56 Å². The van der Waals surface area contributed by atoms with E-state index in [0.29, 0.717) is 29.5 Å². The van der Waals surface area contributed by atoms with Gasteiger partial charge in [0.1, 0.15) is 11.4 Å². The van der Waals surface area contributed by atoms with Gasteiger partial charge in [0.2, 0.25) is 0 Å². The molecule has 1 fully saturated rings. The van der Waals surface area contributed by atoms with E-state index in [9.17, 15) is 22.8 Å². The number of anilines is 1. The van der Waals surface area contributed by atoms with Gasteiger partial charge in [0.05, 0.1) is 0 Å². The van der Waals surface area contributed by atoms with Crippen molar-refractivity contribution in [1.29, 1.82) is 0 Å². The molecular weight excluding hydrogens is 323 g/mol. The van der Waals surface area contributed by atoms with Gasteiger partial charge in [-0.05, 0) is 37.3 Å². The topological polar surface area (TPSA) is 54.3 Å². The highest BCUT2D eigenvalue weighted by Crippen LogP contribution is 2.29. The maximum atomic E-state index is 12.9. The van der Waals surface area contributed by atoms with Gasteiger partial charge in [-0.15, -0.1) is 0 Å². The second kappa shape index (κ2) is 6.86. The summed E-state index contributed by atoms with van der Waals surface area (Å²) < 4.78 is 39.4. The van der Waals surface area contributed by atoms with E-state index in [4.69, 9.17) is 0 Å². The average Bonchev–Trinajstić information content (AvgIpc) is 2.50. The zero-order valence-electron chi connectivity index (χ0n) is 14.0. The highest BCUT2D eigenvalue weighted by atomic mass is 19.4. The third-order valence-electron chi connectivity index (χ3n) is 4.64. The number of aromatic nitrogens is 1. The van der Waals surface area contributed by atoms with Crippen LogP contribution < -0.4 is 10.9 Å². The van der Waals surface area contributed by atoms with Gasteiger partial charge in [-0.2, -0.15) is 13.2 Å². The number of amides is 2. The number of hydrogen-bond acceptors (Lipinski definition) is 2. The molecule has 1 aromatic heterocycles. The number of carbonyl (C=O) groups is 1. The number of nitrogens with one attached hydrogen (secondary N) is 1. The Balaban J connectivity index is 2.21. The molecule has 1 saturated heterocycles. The average molecular weight is 345 g/mol. The Labute approximate surface area is 138 Å². The molecule has 0 aromatic carbocycles. The SMILES string of the molecule is CCn1c(C(F)(F)F)ccc(NC(=O)N2CCC(C)C(C)C2)c1=O. The predicted octanol–water partition coefficient (Wildman–Crippen LogP) is 3.40. The van der Waals surface area contributed by atoms with E-state index in [1.165, 1.54) is 6.92 Å². The van der Waals surface area contributed by atoms with E-state index < -0.39 is 23.5 Å². The van der Waals surface area contributed by atoms with Crippen molar-refractivity contribution in [3.05, 3.63) is 28.2 Å². The number of piperidine rings is 1. The second-order valence-corrected chi connectivity index (χ2v) is 6.30. The van der Waals surface area contributed by atoms with Crippen molar-refractivity contribution in [2.24, 2.45) is 11.8 Å². The third kappa shape index (κ3) is 3.73. The van der Waals surface area contributed by atoms with Gasteiger partial charge in [-0.3, -0.25) is 4.79 Å². The maximum Gasteiger partial charge on any atom is 0.431 e. The van der Waals surface area contributed by atoms with Crippen LogP contribution in [0, 0.1) is 11.8 Å². The first-order valence-corrected chi connectivity index (χ1v) is 8.02. The molecule has 0 aliphatic carbocycles. The van der Waals surface area contributed by atoms with Crippen LogP contribution in [0.2, 0.25) is 0 Å². The van der Waals surface area contributed by atoms with Gasteiger partial charge in [-0.25, -0.2) is 4.79 Å². The first-order valence-electron chi connectivity index (χ1n) is 8.02. The van der Waals surface area contributed by atoms with Crippen molar-refractivity contribution in [3.63, 3.8) is 0 Å². The molecule has 24 heavy (non-hydrogen) atoms. The molecule has 1 aliphatic rings. The fourth-order valence-corrected chi connectivity index (χ4v) is 2.88. The lowest BCUT2D eigenvalue weighted by molar-refractivity contribution is -0.144. The van der Waals surface area contributed by atoms with Crippen molar-refractivity contribution in [3.8, 4) is 0 Å². The van der Waals surface area contributed by atoms with Crippen LogP contribution in [0.3, 0.4) is 0 Å². The molecule has 0 spiro atoms. The lowest BCUT2D eigenvalue weighted by atomic mass is 9.89. The minimum Gasteiger partial charge on any atom is -0.324 e. The molecule has 0 saturated carbocycles. The summed E-state index contributed by atoms with van der Waals surface area (Å²) in [6.45, 7) is 6.63. The highest BCUT2D eigenvalue weighted by Gasteiger charge is 2.34. The van der Waals surface area contributed by atoms with Crippen LogP contribution in [0.15, 0.2) is 16.9 Å². The highest BCUT2D eigenvalue weighted by molar-refractivity contribution is 5.89. The van der Waals surface area contributed by atoms with Crippen molar-refractivity contribution in [2.75, 3.05) is 18.4 Å². The van der Waals surface area contributed by atoms with Gasteiger partial charge in [0.15, 0.2) is 0 Å². The number of halogens is 3. The number of alkyl halides is 3. The molecule has 1 N–H and O–H groups in total. The second-order valence-electron chi connectivity index (χ2n) is 6.30. The molecule has 1 aromatic rings. The number of hydrogen-bond donors (Lipinski definition) is 1.